The van der Waals surface area contributed by atoms with E-state index in [4.69, 9.17) is 5.73 Å². The van der Waals surface area contributed by atoms with Crippen molar-refractivity contribution in [3.8, 4) is 0 Å². The number of fused-ring (bicyclic) bond motifs is 1. The summed E-state index contributed by atoms with van der Waals surface area (Å²) in [6, 6.07) is 17.7. The van der Waals surface area contributed by atoms with Crippen molar-refractivity contribution < 1.29 is 4.79 Å². The van der Waals surface area contributed by atoms with E-state index in [1.54, 1.807) is 11.8 Å². The summed E-state index contributed by atoms with van der Waals surface area (Å²) < 4.78 is 0. The number of benzene rings is 2. The molecule has 5 heteroatoms. The van der Waals surface area contributed by atoms with Crippen LogP contribution in [0.5, 0.6) is 0 Å². The van der Waals surface area contributed by atoms with Crippen molar-refractivity contribution in [1.29, 1.82) is 0 Å². The molecule has 0 saturated carbocycles. The van der Waals surface area contributed by atoms with Gasteiger partial charge in [0.25, 0.3) is 0 Å². The first-order chi connectivity index (χ1) is 15.5. The second-order valence-electron chi connectivity index (χ2n) is 9.44. The number of nitrogens with zero attached hydrogens (tertiary/aromatic N) is 2. The highest BCUT2D eigenvalue weighted by atomic mass is 32.2. The van der Waals surface area contributed by atoms with Gasteiger partial charge in [0.2, 0.25) is 5.91 Å². The van der Waals surface area contributed by atoms with Gasteiger partial charge in [-0.3, -0.25) is 9.69 Å². The molecular formula is C27H37N3OS. The minimum atomic E-state index is -0.0956. The van der Waals surface area contributed by atoms with E-state index in [2.05, 4.69) is 43.0 Å². The zero-order chi connectivity index (χ0) is 22.5. The molecule has 2 aliphatic rings. The Morgan fingerprint density at radius 1 is 0.969 bits per heavy atom. The number of hydrogen-bond acceptors (Lipinski definition) is 4. The number of para-hydroxylation sites is 1. The molecule has 1 unspecified atom stereocenters. The third-order valence-corrected chi connectivity index (χ3v) is 8.26. The molecule has 1 amide bonds. The minimum Gasteiger partial charge on any atom is -0.399 e. The van der Waals surface area contributed by atoms with Crippen LogP contribution in [0.4, 0.5) is 11.4 Å². The number of amides is 1. The number of carbonyl (C=O) groups is 1. The Balaban J connectivity index is 1.35. The molecule has 1 saturated heterocycles. The fourth-order valence-electron chi connectivity index (χ4n) is 5.23. The van der Waals surface area contributed by atoms with E-state index in [1.165, 1.54) is 37.1 Å². The number of likely N-dealkylation sites (tertiary alicyclic amines) is 1. The largest absolute Gasteiger partial charge is 0.399 e. The zero-order valence-corrected chi connectivity index (χ0v) is 20.3. The van der Waals surface area contributed by atoms with Crippen LogP contribution in [0.1, 0.15) is 57.9 Å². The lowest BCUT2D eigenvalue weighted by Gasteiger charge is -2.39. The molecule has 172 valence electrons. The molecule has 4 rings (SSSR count). The van der Waals surface area contributed by atoms with E-state index in [-0.39, 0.29) is 11.2 Å². The number of unbranched alkanes of at least 4 members (excludes halogenated alkanes) is 2. The summed E-state index contributed by atoms with van der Waals surface area (Å²) in [6.45, 7) is 6.73. The highest BCUT2D eigenvalue weighted by Gasteiger charge is 2.33. The topological polar surface area (TPSA) is 49.6 Å². The normalized spacial score (nSPS) is 23.9. The SMILES string of the molecule is C[C@@H]1CCC[C@H](C)N1CCCCCN1C(=O)C(Cc2cccc(N)c2)Sc2ccccc21. The smallest absolute Gasteiger partial charge is 0.240 e. The van der Waals surface area contributed by atoms with Crippen LogP contribution in [0.3, 0.4) is 0 Å². The standard InChI is InChI=1S/C27H37N3OS/c1-20-10-8-11-21(2)29(20)16-6-3-7-17-30-24-14-4-5-15-25(24)32-26(27(30)31)19-22-12-9-13-23(28)18-22/h4-5,9,12-15,18,20-21,26H,3,6-8,10-11,16-17,19,28H2,1-2H3/t20-,21+,26?. The van der Waals surface area contributed by atoms with Crippen LogP contribution in [0.2, 0.25) is 0 Å². The Bertz CT molecular complexity index is 907. The summed E-state index contributed by atoms with van der Waals surface area (Å²) in [5.74, 6) is 0.231. The third-order valence-electron chi connectivity index (χ3n) is 7.01. The summed E-state index contributed by atoms with van der Waals surface area (Å²) in [4.78, 5) is 19.4. The number of nitrogen functional groups attached to an aromatic ring is 1. The van der Waals surface area contributed by atoms with Gasteiger partial charge >= 0.3 is 0 Å². The predicted octanol–water partition coefficient (Wildman–Crippen LogP) is 5.75. The maximum atomic E-state index is 13.4. The minimum absolute atomic E-state index is 0.0956. The van der Waals surface area contributed by atoms with Crippen LogP contribution in [-0.2, 0) is 11.2 Å². The van der Waals surface area contributed by atoms with Crippen LogP contribution < -0.4 is 10.6 Å². The quantitative estimate of drug-likeness (QED) is 0.410. The second kappa shape index (κ2) is 10.8. The monoisotopic (exact) mass is 451 g/mol. The fraction of sp³-hybridized carbons (Fsp3) is 0.519. The van der Waals surface area contributed by atoms with Crippen molar-refractivity contribution in [2.45, 2.75) is 81.0 Å². The van der Waals surface area contributed by atoms with E-state index < -0.39 is 0 Å². The van der Waals surface area contributed by atoms with Gasteiger partial charge in [0.1, 0.15) is 0 Å². The van der Waals surface area contributed by atoms with E-state index in [0.717, 1.165) is 36.3 Å². The van der Waals surface area contributed by atoms with Gasteiger partial charge in [0.15, 0.2) is 0 Å². The van der Waals surface area contributed by atoms with Crippen LogP contribution >= 0.6 is 11.8 Å². The van der Waals surface area contributed by atoms with Crippen LogP contribution in [-0.4, -0.2) is 41.2 Å². The van der Waals surface area contributed by atoms with E-state index >= 15 is 0 Å². The average molecular weight is 452 g/mol. The number of nitrogens with two attached hydrogens (primary N) is 1. The van der Waals surface area contributed by atoms with Crippen LogP contribution in [0, 0.1) is 0 Å². The molecular weight excluding hydrogens is 414 g/mol. The van der Waals surface area contributed by atoms with Gasteiger partial charge in [-0.25, -0.2) is 0 Å². The van der Waals surface area contributed by atoms with Crippen molar-refractivity contribution in [3.63, 3.8) is 0 Å². The van der Waals surface area contributed by atoms with Gasteiger partial charge in [-0.2, -0.15) is 0 Å². The van der Waals surface area contributed by atoms with Gasteiger partial charge in [-0.15, -0.1) is 11.8 Å². The van der Waals surface area contributed by atoms with Gasteiger partial charge in [-0.05, 0) is 82.3 Å². The summed E-state index contributed by atoms with van der Waals surface area (Å²) in [5, 5.41) is -0.0956. The average Bonchev–Trinajstić information content (AvgIpc) is 2.77. The first-order valence-electron chi connectivity index (χ1n) is 12.2. The molecule has 2 N–H and O–H groups in total. The molecule has 0 aliphatic carbocycles. The van der Waals surface area contributed by atoms with Crippen molar-refractivity contribution >= 4 is 29.0 Å². The van der Waals surface area contributed by atoms with Gasteiger partial charge < -0.3 is 10.6 Å². The lowest BCUT2D eigenvalue weighted by Crippen LogP contribution is -2.44. The first-order valence-corrected chi connectivity index (χ1v) is 13.1. The Kier molecular flexibility index (Phi) is 7.80. The lowest BCUT2D eigenvalue weighted by atomic mass is 9.97. The Morgan fingerprint density at radius 2 is 1.72 bits per heavy atom. The van der Waals surface area contributed by atoms with E-state index in [0.29, 0.717) is 18.5 Å². The van der Waals surface area contributed by atoms with E-state index in [1.807, 2.05) is 29.2 Å². The van der Waals surface area contributed by atoms with Crippen molar-refractivity contribution in [3.05, 3.63) is 54.1 Å². The molecule has 2 aliphatic heterocycles. The fourth-order valence-corrected chi connectivity index (χ4v) is 6.49. The number of rotatable bonds is 8. The predicted molar refractivity (Wildman–Crippen MR) is 136 cm³/mol. The number of carbonyl (C=O) groups excluding carboxylic acids is 1. The highest BCUT2D eigenvalue weighted by Crippen LogP contribution is 2.40. The van der Waals surface area contributed by atoms with Crippen molar-refractivity contribution in [2.24, 2.45) is 0 Å². The Morgan fingerprint density at radius 3 is 2.50 bits per heavy atom. The zero-order valence-electron chi connectivity index (χ0n) is 19.5. The first kappa shape index (κ1) is 23.2. The van der Waals surface area contributed by atoms with Gasteiger partial charge in [-0.1, -0.05) is 37.1 Å². The second-order valence-corrected chi connectivity index (χ2v) is 10.7. The number of piperidine rings is 1. The van der Waals surface area contributed by atoms with Crippen molar-refractivity contribution in [1.82, 2.24) is 4.90 Å². The highest BCUT2D eigenvalue weighted by molar-refractivity contribution is 8.01. The van der Waals surface area contributed by atoms with E-state index in [9.17, 15) is 4.79 Å². The molecule has 2 aromatic rings. The molecule has 0 radical (unpaired) electrons. The summed E-state index contributed by atoms with van der Waals surface area (Å²) in [6.07, 6.45) is 8.15. The molecule has 4 nitrogen and oxygen atoms in total. The number of anilines is 2. The van der Waals surface area contributed by atoms with Crippen LogP contribution in [0.15, 0.2) is 53.4 Å². The Labute approximate surface area is 197 Å². The maximum Gasteiger partial charge on any atom is 0.240 e. The molecule has 2 heterocycles. The Hall–Kier alpha value is -1.98. The molecule has 1 fully saturated rings. The van der Waals surface area contributed by atoms with Gasteiger partial charge in [0, 0.05) is 29.2 Å². The molecule has 0 aromatic heterocycles. The molecule has 3 atom stereocenters. The molecule has 0 bridgehead atoms. The lowest BCUT2D eigenvalue weighted by molar-refractivity contribution is -0.118. The number of thioether (sulfide) groups is 1. The maximum absolute atomic E-state index is 13.4. The number of hydrogen-bond donors (Lipinski definition) is 1. The molecule has 2 aromatic carbocycles. The third kappa shape index (κ3) is 5.49. The summed E-state index contributed by atoms with van der Waals surface area (Å²) in [7, 11) is 0. The summed E-state index contributed by atoms with van der Waals surface area (Å²) in [5.41, 5.74) is 8.92. The summed E-state index contributed by atoms with van der Waals surface area (Å²) >= 11 is 1.69. The molecule has 0 spiro atoms. The van der Waals surface area contributed by atoms with Gasteiger partial charge in [0.05, 0.1) is 10.9 Å². The van der Waals surface area contributed by atoms with Crippen molar-refractivity contribution in [2.75, 3.05) is 23.7 Å². The molecule has 32 heavy (non-hydrogen) atoms. The van der Waals surface area contributed by atoms with Crippen LogP contribution in [0.25, 0.3) is 0 Å².